The predicted molar refractivity (Wildman–Crippen MR) is 238 cm³/mol. The van der Waals surface area contributed by atoms with Crippen LogP contribution in [0.2, 0.25) is 19.6 Å². The summed E-state index contributed by atoms with van der Waals surface area (Å²) in [4.78, 5) is 9.73. The van der Waals surface area contributed by atoms with Crippen LogP contribution in [0.4, 0.5) is 0 Å². The van der Waals surface area contributed by atoms with E-state index in [1.165, 1.54) is 10.8 Å². The van der Waals surface area contributed by atoms with Gasteiger partial charge in [-0.15, -0.1) is 35.9 Å². The van der Waals surface area contributed by atoms with Crippen molar-refractivity contribution in [3.05, 3.63) is 170 Å². The Bertz CT molecular complexity index is 3010. The molecule has 0 saturated carbocycles. The van der Waals surface area contributed by atoms with E-state index in [0.29, 0.717) is 5.92 Å². The van der Waals surface area contributed by atoms with Crippen LogP contribution in [0.25, 0.3) is 83.4 Å². The normalized spacial score (nSPS) is 11.6. The molecule has 7 heteroatoms. The minimum absolute atomic E-state index is 0. The van der Waals surface area contributed by atoms with E-state index in [1.54, 1.807) is 0 Å². The van der Waals surface area contributed by atoms with Crippen molar-refractivity contribution in [1.29, 1.82) is 0 Å². The monoisotopic (exact) mass is 950 g/mol. The number of fused-ring (bicyclic) bond motifs is 5. The van der Waals surface area contributed by atoms with E-state index in [1.807, 2.05) is 66.7 Å². The third-order valence-electron chi connectivity index (χ3n) is 10.4. The summed E-state index contributed by atoms with van der Waals surface area (Å²) in [5.41, 5.74) is 12.1. The van der Waals surface area contributed by atoms with Gasteiger partial charge in [-0.2, -0.15) is 0 Å². The van der Waals surface area contributed by atoms with Gasteiger partial charge in [-0.1, -0.05) is 135 Å². The van der Waals surface area contributed by atoms with Gasteiger partial charge in [-0.25, -0.2) is 0 Å². The average Bonchev–Trinajstić information content (AvgIpc) is 3.94. The van der Waals surface area contributed by atoms with E-state index in [9.17, 15) is 0 Å². The number of imidazole rings is 1. The molecule has 1 radical (unpaired) electrons. The SMILES string of the molecule is CC(C)Cc1cc(-c2[c-]cccc2)ncc1[Si](C)(C)C.[Ir].[c-]1oc2ccc(-c3ccccc3)cc2c1-c1nc2ccccc2n1-c1ccc2c(c1)oc1ccccc12. The van der Waals surface area contributed by atoms with Crippen LogP contribution < -0.4 is 5.19 Å². The predicted octanol–water partition coefficient (Wildman–Crippen LogP) is 13.1. The third-order valence-corrected chi connectivity index (χ3v) is 12.5. The topological polar surface area (TPSA) is 57.0 Å². The van der Waals surface area contributed by atoms with Crippen molar-refractivity contribution in [2.45, 2.75) is 39.9 Å². The molecule has 58 heavy (non-hydrogen) atoms. The molecule has 0 amide bonds. The Morgan fingerprint density at radius 2 is 1.45 bits per heavy atom. The molecule has 4 heterocycles. The van der Waals surface area contributed by atoms with Crippen molar-refractivity contribution in [2.75, 3.05) is 0 Å². The summed E-state index contributed by atoms with van der Waals surface area (Å²) >= 11 is 0. The van der Waals surface area contributed by atoms with Gasteiger partial charge in [0.1, 0.15) is 11.2 Å². The summed E-state index contributed by atoms with van der Waals surface area (Å²) in [6.07, 6.45) is 6.39. The Kier molecular flexibility index (Phi) is 10.9. The maximum atomic E-state index is 6.21. The van der Waals surface area contributed by atoms with Crippen molar-refractivity contribution in [1.82, 2.24) is 14.5 Å². The first-order valence-corrected chi connectivity index (χ1v) is 23.1. The standard InChI is InChI=1S/C33H19N2O2.C18H24NSi.Ir/c1-2-8-21(9-3-1)22-14-17-30-26(18-22)27(20-36-30)33-34-28-11-5-6-12-29(28)35(33)23-15-16-25-24-10-4-7-13-31(24)37-32(25)19-23;1-14(2)11-16-12-17(15-9-7-6-8-10-15)19-13-18(16)20(3,4)5;/h1-19H;6-9,12-14H,11H2,1-5H3;/q2*-1;. The first-order chi connectivity index (χ1) is 27.7. The number of benzene rings is 6. The van der Waals surface area contributed by atoms with E-state index in [4.69, 9.17) is 13.8 Å². The van der Waals surface area contributed by atoms with E-state index < -0.39 is 8.07 Å². The number of furan rings is 2. The van der Waals surface area contributed by atoms with Gasteiger partial charge in [0, 0.05) is 60.7 Å². The molecule has 0 bridgehead atoms. The molecule has 4 aromatic heterocycles. The minimum Gasteiger partial charge on any atom is -0.557 e. The van der Waals surface area contributed by atoms with Gasteiger partial charge in [0.25, 0.3) is 0 Å². The Balaban J connectivity index is 0.000000191. The van der Waals surface area contributed by atoms with E-state index >= 15 is 0 Å². The van der Waals surface area contributed by atoms with Crippen molar-refractivity contribution in [3.8, 4) is 39.5 Å². The van der Waals surface area contributed by atoms with Gasteiger partial charge >= 0.3 is 0 Å². The van der Waals surface area contributed by atoms with Crippen LogP contribution >= 0.6 is 0 Å². The zero-order valence-corrected chi connectivity index (χ0v) is 36.6. The van der Waals surface area contributed by atoms with E-state index in [2.05, 4.69) is 140 Å². The molecule has 6 aromatic carbocycles. The van der Waals surface area contributed by atoms with Gasteiger partial charge in [0.15, 0.2) is 0 Å². The van der Waals surface area contributed by atoms with Crippen LogP contribution in [0, 0.1) is 18.2 Å². The van der Waals surface area contributed by atoms with Gasteiger partial charge in [-0.3, -0.25) is 4.98 Å². The first kappa shape index (κ1) is 39.0. The van der Waals surface area contributed by atoms with E-state index in [0.717, 1.165) is 89.8 Å². The Hall–Kier alpha value is -5.85. The third kappa shape index (κ3) is 7.61. The number of aromatic nitrogens is 3. The zero-order chi connectivity index (χ0) is 39.1. The number of hydrogen-bond acceptors (Lipinski definition) is 4. The molecular weight excluding hydrogens is 907 g/mol. The summed E-state index contributed by atoms with van der Waals surface area (Å²) in [5, 5.41) is 4.68. The number of rotatable bonds is 7. The Labute approximate surface area is 353 Å². The van der Waals surface area contributed by atoms with Crippen LogP contribution in [0.15, 0.2) is 161 Å². The van der Waals surface area contributed by atoms with Crippen molar-refractivity contribution in [3.63, 3.8) is 0 Å². The molecule has 0 aliphatic carbocycles. The van der Waals surface area contributed by atoms with Crippen LogP contribution in [-0.4, -0.2) is 22.6 Å². The number of para-hydroxylation sites is 3. The molecule has 10 aromatic rings. The summed E-state index contributed by atoms with van der Waals surface area (Å²) in [6, 6.07) is 52.9. The Morgan fingerprint density at radius 1 is 0.690 bits per heavy atom. The number of pyridine rings is 1. The first-order valence-electron chi connectivity index (χ1n) is 19.6. The van der Waals surface area contributed by atoms with Crippen molar-refractivity contribution >= 4 is 57.2 Å². The molecule has 0 aliphatic heterocycles. The molecule has 289 valence electrons. The van der Waals surface area contributed by atoms with Crippen LogP contribution in [-0.2, 0) is 26.5 Å². The van der Waals surface area contributed by atoms with Crippen molar-refractivity contribution < 1.29 is 28.9 Å². The summed E-state index contributed by atoms with van der Waals surface area (Å²) in [5.74, 6) is 1.45. The molecular formula is C51H43IrN3O2Si-2. The summed E-state index contributed by atoms with van der Waals surface area (Å²) < 4.78 is 14.3. The molecule has 10 rings (SSSR count). The number of hydrogen-bond donors (Lipinski definition) is 0. The molecule has 0 spiro atoms. The molecule has 0 N–H and O–H groups in total. The fraction of sp³-hybridized carbons (Fsp3) is 0.137. The minimum atomic E-state index is -1.34. The maximum Gasteiger partial charge on any atom is 0.137 e. The van der Waals surface area contributed by atoms with Gasteiger partial charge < -0.3 is 18.4 Å². The molecule has 0 atom stereocenters. The van der Waals surface area contributed by atoms with Gasteiger partial charge in [0.2, 0.25) is 0 Å². The largest absolute Gasteiger partial charge is 0.557 e. The van der Waals surface area contributed by atoms with Crippen LogP contribution in [0.1, 0.15) is 19.4 Å². The van der Waals surface area contributed by atoms with E-state index in [-0.39, 0.29) is 20.1 Å². The second-order valence-corrected chi connectivity index (χ2v) is 21.1. The molecule has 0 aliphatic rings. The molecule has 0 saturated heterocycles. The van der Waals surface area contributed by atoms with Crippen molar-refractivity contribution in [2.24, 2.45) is 5.92 Å². The quantitative estimate of drug-likeness (QED) is 0.118. The summed E-state index contributed by atoms with van der Waals surface area (Å²) in [7, 11) is -1.34. The van der Waals surface area contributed by atoms with Gasteiger partial charge in [-0.05, 0) is 64.7 Å². The Morgan fingerprint density at radius 3 is 2.24 bits per heavy atom. The average molecular weight is 950 g/mol. The summed E-state index contributed by atoms with van der Waals surface area (Å²) in [6.45, 7) is 11.7. The second kappa shape index (κ2) is 16.2. The zero-order valence-electron chi connectivity index (χ0n) is 33.2. The smallest absolute Gasteiger partial charge is 0.137 e. The molecule has 0 unspecified atom stereocenters. The van der Waals surface area contributed by atoms with Crippen LogP contribution in [0.5, 0.6) is 0 Å². The fourth-order valence-corrected chi connectivity index (χ4v) is 9.33. The maximum absolute atomic E-state index is 6.21. The second-order valence-electron chi connectivity index (χ2n) is 16.0. The molecule has 5 nitrogen and oxygen atoms in total. The number of nitrogens with zero attached hydrogens (tertiary/aromatic N) is 3. The van der Waals surface area contributed by atoms with Gasteiger partial charge in [0.05, 0.1) is 24.9 Å². The van der Waals surface area contributed by atoms with Crippen LogP contribution in [0.3, 0.4) is 0 Å². The molecule has 0 fully saturated rings. The fourth-order valence-electron chi connectivity index (χ4n) is 7.74.